The van der Waals surface area contributed by atoms with E-state index in [0.717, 1.165) is 4.47 Å². The van der Waals surface area contributed by atoms with E-state index in [1.807, 2.05) is 0 Å². The highest BCUT2D eigenvalue weighted by atomic mass is 79.9. The minimum absolute atomic E-state index is 0.243. The summed E-state index contributed by atoms with van der Waals surface area (Å²) in [5.74, 6) is 0. The molecular formula is C12H15Br2NO4S. The minimum Gasteiger partial charge on any atom is -0.377 e. The van der Waals surface area contributed by atoms with Crippen molar-refractivity contribution in [3.8, 4) is 0 Å². The number of ether oxygens (including phenoxy) is 2. The van der Waals surface area contributed by atoms with Gasteiger partial charge in [-0.2, -0.15) is 4.31 Å². The standard InChI is InChI=1S/C12H15Br2NO4S/c1-18-10-6-15(7-11(10)19-2)20(16,17)12-4-3-8(13)5-9(12)14/h3-5,10-11H,6-7H2,1-2H3. The number of sulfonamides is 1. The molecule has 0 aliphatic carbocycles. The number of rotatable bonds is 4. The molecule has 1 aliphatic heterocycles. The smallest absolute Gasteiger partial charge is 0.244 e. The number of methoxy groups -OCH3 is 2. The summed E-state index contributed by atoms with van der Waals surface area (Å²) in [6.07, 6.45) is -0.493. The monoisotopic (exact) mass is 427 g/mol. The lowest BCUT2D eigenvalue weighted by atomic mass is 10.3. The van der Waals surface area contributed by atoms with E-state index in [1.165, 1.54) is 4.31 Å². The van der Waals surface area contributed by atoms with Crippen LogP contribution in [0, 0.1) is 0 Å². The molecule has 0 bridgehead atoms. The van der Waals surface area contributed by atoms with Gasteiger partial charge >= 0.3 is 0 Å². The van der Waals surface area contributed by atoms with Gasteiger partial charge in [-0.25, -0.2) is 8.42 Å². The van der Waals surface area contributed by atoms with Gasteiger partial charge in [-0.15, -0.1) is 0 Å². The predicted molar refractivity (Wildman–Crippen MR) is 82.2 cm³/mol. The Morgan fingerprint density at radius 2 is 1.70 bits per heavy atom. The lowest BCUT2D eigenvalue weighted by Gasteiger charge is -2.17. The Hall–Kier alpha value is 0.01000. The van der Waals surface area contributed by atoms with Crippen LogP contribution in [0.3, 0.4) is 0 Å². The van der Waals surface area contributed by atoms with Crippen LogP contribution in [0.1, 0.15) is 0 Å². The van der Waals surface area contributed by atoms with Crippen LogP contribution in [0.4, 0.5) is 0 Å². The third kappa shape index (κ3) is 3.10. The SMILES string of the molecule is COC1CN(S(=O)(=O)c2ccc(Br)cc2Br)CC1OC. The van der Waals surface area contributed by atoms with Crippen molar-refractivity contribution in [3.05, 3.63) is 27.1 Å². The number of nitrogens with zero attached hydrogens (tertiary/aromatic N) is 1. The first-order valence-corrected chi connectivity index (χ1v) is 8.93. The van der Waals surface area contributed by atoms with E-state index in [2.05, 4.69) is 31.9 Å². The summed E-state index contributed by atoms with van der Waals surface area (Å²) in [5, 5.41) is 0. The molecule has 1 fully saturated rings. The van der Waals surface area contributed by atoms with Crippen LogP contribution in [0.15, 0.2) is 32.0 Å². The van der Waals surface area contributed by atoms with Crippen molar-refractivity contribution >= 4 is 41.9 Å². The van der Waals surface area contributed by atoms with Crippen molar-refractivity contribution in [2.45, 2.75) is 17.1 Å². The highest BCUT2D eigenvalue weighted by Crippen LogP contribution is 2.30. The quantitative estimate of drug-likeness (QED) is 0.737. The highest BCUT2D eigenvalue weighted by Gasteiger charge is 2.40. The van der Waals surface area contributed by atoms with Gasteiger partial charge in [0.25, 0.3) is 0 Å². The molecule has 2 rings (SSSR count). The van der Waals surface area contributed by atoms with Crippen LogP contribution in [0.25, 0.3) is 0 Å². The zero-order chi connectivity index (χ0) is 14.9. The van der Waals surface area contributed by atoms with Crippen molar-refractivity contribution in [2.24, 2.45) is 0 Å². The van der Waals surface area contributed by atoms with E-state index < -0.39 is 10.0 Å². The van der Waals surface area contributed by atoms with Crippen LogP contribution in [0.5, 0.6) is 0 Å². The van der Waals surface area contributed by atoms with Crippen LogP contribution < -0.4 is 0 Å². The highest BCUT2D eigenvalue weighted by molar-refractivity contribution is 9.11. The summed E-state index contributed by atoms with van der Waals surface area (Å²) in [7, 11) is -0.451. The fourth-order valence-electron chi connectivity index (χ4n) is 2.18. The van der Waals surface area contributed by atoms with Gasteiger partial charge in [0, 0.05) is 36.3 Å². The molecular weight excluding hydrogens is 414 g/mol. The molecule has 8 heteroatoms. The lowest BCUT2D eigenvalue weighted by Crippen LogP contribution is -2.30. The summed E-state index contributed by atoms with van der Waals surface area (Å²) >= 11 is 6.61. The second kappa shape index (κ2) is 6.41. The minimum atomic E-state index is -3.57. The van der Waals surface area contributed by atoms with Crippen molar-refractivity contribution in [1.82, 2.24) is 4.31 Å². The Balaban J connectivity index is 2.32. The Morgan fingerprint density at radius 1 is 1.15 bits per heavy atom. The third-order valence-electron chi connectivity index (χ3n) is 3.30. The molecule has 0 N–H and O–H groups in total. The second-order valence-corrected chi connectivity index (χ2v) is 8.12. The summed E-state index contributed by atoms with van der Waals surface area (Å²) in [6, 6.07) is 4.99. The molecule has 1 aliphatic rings. The summed E-state index contributed by atoms with van der Waals surface area (Å²) in [6.45, 7) is 0.583. The van der Waals surface area contributed by atoms with Crippen LogP contribution >= 0.6 is 31.9 Å². The van der Waals surface area contributed by atoms with Crippen LogP contribution in [-0.2, 0) is 19.5 Å². The van der Waals surface area contributed by atoms with Crippen molar-refractivity contribution in [3.63, 3.8) is 0 Å². The molecule has 1 heterocycles. The first-order chi connectivity index (χ1) is 9.40. The fraction of sp³-hybridized carbons (Fsp3) is 0.500. The van der Waals surface area contributed by atoms with Gasteiger partial charge in [0.15, 0.2) is 0 Å². The Kier molecular flexibility index (Phi) is 5.25. The first-order valence-electron chi connectivity index (χ1n) is 5.91. The van der Waals surface area contributed by atoms with E-state index >= 15 is 0 Å². The molecule has 0 radical (unpaired) electrons. The van der Waals surface area contributed by atoms with Crippen molar-refractivity contribution in [2.75, 3.05) is 27.3 Å². The first kappa shape index (κ1) is 16.4. The topological polar surface area (TPSA) is 55.8 Å². The van der Waals surface area contributed by atoms with Gasteiger partial charge in [0.2, 0.25) is 10.0 Å². The molecule has 2 unspecified atom stereocenters. The van der Waals surface area contributed by atoms with Gasteiger partial charge in [-0.1, -0.05) is 15.9 Å². The molecule has 20 heavy (non-hydrogen) atoms. The molecule has 1 saturated heterocycles. The molecule has 1 aromatic carbocycles. The van der Waals surface area contributed by atoms with E-state index in [4.69, 9.17) is 9.47 Å². The Labute approximate surface area is 135 Å². The number of hydrogen-bond acceptors (Lipinski definition) is 4. The fourth-order valence-corrected chi connectivity index (χ4v) is 5.35. The maximum absolute atomic E-state index is 12.7. The van der Waals surface area contributed by atoms with E-state index in [0.29, 0.717) is 17.6 Å². The van der Waals surface area contributed by atoms with Gasteiger partial charge in [-0.3, -0.25) is 0 Å². The van der Waals surface area contributed by atoms with E-state index in [1.54, 1.807) is 32.4 Å². The molecule has 5 nitrogen and oxygen atoms in total. The average Bonchev–Trinajstić information content (AvgIpc) is 2.82. The third-order valence-corrected chi connectivity index (χ3v) is 6.60. The zero-order valence-electron chi connectivity index (χ0n) is 11.0. The summed E-state index contributed by atoms with van der Waals surface area (Å²) in [5.41, 5.74) is 0. The largest absolute Gasteiger partial charge is 0.377 e. The summed E-state index contributed by atoms with van der Waals surface area (Å²) < 4.78 is 38.6. The van der Waals surface area contributed by atoms with Crippen LogP contribution in [-0.4, -0.2) is 52.2 Å². The zero-order valence-corrected chi connectivity index (χ0v) is 15.0. The number of hydrogen-bond donors (Lipinski definition) is 0. The summed E-state index contributed by atoms with van der Waals surface area (Å²) in [4.78, 5) is 0.243. The van der Waals surface area contributed by atoms with Crippen molar-refractivity contribution < 1.29 is 17.9 Å². The molecule has 0 spiro atoms. The van der Waals surface area contributed by atoms with E-state index in [9.17, 15) is 8.42 Å². The molecule has 0 amide bonds. The molecule has 2 atom stereocenters. The molecule has 112 valence electrons. The van der Waals surface area contributed by atoms with Gasteiger partial charge in [0.05, 0.1) is 17.1 Å². The molecule has 1 aromatic rings. The maximum Gasteiger partial charge on any atom is 0.244 e. The second-order valence-electron chi connectivity index (χ2n) is 4.45. The molecule has 0 saturated carbocycles. The average molecular weight is 429 g/mol. The molecule has 0 aromatic heterocycles. The maximum atomic E-state index is 12.7. The number of benzene rings is 1. The van der Waals surface area contributed by atoms with Crippen molar-refractivity contribution in [1.29, 1.82) is 0 Å². The predicted octanol–water partition coefficient (Wildman–Crippen LogP) is 2.25. The Morgan fingerprint density at radius 3 is 2.15 bits per heavy atom. The van der Waals surface area contributed by atoms with Gasteiger partial charge < -0.3 is 9.47 Å². The normalized spacial score (nSPS) is 24.2. The van der Waals surface area contributed by atoms with Crippen LogP contribution in [0.2, 0.25) is 0 Å². The van der Waals surface area contributed by atoms with Gasteiger partial charge in [-0.05, 0) is 34.1 Å². The lowest BCUT2D eigenvalue weighted by molar-refractivity contribution is -0.00461. The van der Waals surface area contributed by atoms with Gasteiger partial charge in [0.1, 0.15) is 0 Å². The van der Waals surface area contributed by atoms with E-state index in [-0.39, 0.29) is 17.1 Å². The Bertz CT molecular complexity index is 581. The number of halogens is 2.